The third-order valence-corrected chi connectivity index (χ3v) is 9.32. The number of rotatable bonds is 9. The molecule has 0 amide bonds. The van der Waals surface area contributed by atoms with Crippen molar-refractivity contribution in [3.63, 3.8) is 0 Å². The second-order valence-corrected chi connectivity index (χ2v) is 11.4. The van der Waals surface area contributed by atoms with E-state index in [0.717, 1.165) is 54.1 Å². The Bertz CT molecular complexity index is 1560. The van der Waals surface area contributed by atoms with Gasteiger partial charge in [0.25, 0.3) is 0 Å². The molecule has 0 N–H and O–H groups in total. The van der Waals surface area contributed by atoms with Crippen LogP contribution in [-0.4, -0.2) is 76.0 Å². The fraction of sp³-hybridized carbons (Fsp3) is 0.400. The number of nitrogens with zero attached hydrogens (tertiary/aromatic N) is 2. The summed E-state index contributed by atoms with van der Waals surface area (Å²) in [7, 11) is 6.63. The molecule has 1 fully saturated rings. The van der Waals surface area contributed by atoms with Crippen molar-refractivity contribution in [2.24, 2.45) is 0 Å². The van der Waals surface area contributed by atoms with Gasteiger partial charge in [-0.3, -0.25) is 9.80 Å². The van der Waals surface area contributed by atoms with E-state index in [1.165, 1.54) is 29.3 Å². The summed E-state index contributed by atoms with van der Waals surface area (Å²) in [5, 5.41) is 0. The zero-order chi connectivity index (χ0) is 31.0. The fourth-order valence-corrected chi connectivity index (χ4v) is 7.33. The quantitative estimate of drug-likeness (QED) is 0.239. The van der Waals surface area contributed by atoms with Crippen LogP contribution < -0.4 is 18.9 Å². The predicted molar refractivity (Wildman–Crippen MR) is 165 cm³/mol. The van der Waals surface area contributed by atoms with E-state index in [4.69, 9.17) is 23.7 Å². The molecule has 3 aliphatic rings. The van der Waals surface area contributed by atoms with E-state index in [-0.39, 0.29) is 36.6 Å². The minimum Gasteiger partial charge on any atom is -0.493 e. The van der Waals surface area contributed by atoms with Gasteiger partial charge in [0.1, 0.15) is 12.4 Å². The molecule has 3 heterocycles. The van der Waals surface area contributed by atoms with Crippen LogP contribution in [-0.2, 0) is 22.4 Å². The molecule has 232 valence electrons. The number of hydrogen-bond donors (Lipinski definition) is 0. The number of carbonyl (C=O) groups is 1. The standard InChI is InChI=1S/C35H39FN2O6/c1-6-37-25-13-22-15-30(40-2)33(43-5)18-27(22)35(37)28-14-23-16-31(41-3)32(42-4)17-26(23)29(38(28)19-25)20-44-34(39)12-9-21-7-10-24(36)11-8-21/h7-12,15-18,25,28-29,35H,6,13-14,19-20H2,1-5H3. The first-order valence-corrected chi connectivity index (χ1v) is 15.0. The average molecular weight is 603 g/mol. The Hall–Kier alpha value is -4.08. The van der Waals surface area contributed by atoms with Crippen molar-refractivity contribution in [1.29, 1.82) is 0 Å². The molecule has 1 saturated heterocycles. The number of halogens is 1. The third-order valence-electron chi connectivity index (χ3n) is 9.32. The minimum absolute atomic E-state index is 0.111. The number of carbonyl (C=O) groups excluding carboxylic acids is 1. The largest absolute Gasteiger partial charge is 0.493 e. The molecule has 0 aromatic heterocycles. The highest BCUT2D eigenvalue weighted by molar-refractivity contribution is 5.87. The van der Waals surface area contributed by atoms with Crippen LogP contribution in [0.2, 0.25) is 0 Å². The van der Waals surface area contributed by atoms with Gasteiger partial charge >= 0.3 is 5.97 Å². The number of piperazine rings is 1. The summed E-state index contributed by atoms with van der Waals surface area (Å²) >= 11 is 0. The van der Waals surface area contributed by atoms with Crippen LogP contribution >= 0.6 is 0 Å². The number of hydrogen-bond acceptors (Lipinski definition) is 8. The summed E-state index contributed by atoms with van der Waals surface area (Å²) in [5.74, 6) is 2.01. The van der Waals surface area contributed by atoms with Crippen molar-refractivity contribution >= 4 is 12.0 Å². The molecule has 6 rings (SSSR count). The Balaban J connectivity index is 1.37. The summed E-state index contributed by atoms with van der Waals surface area (Å²) in [4.78, 5) is 18.1. The van der Waals surface area contributed by atoms with Crippen molar-refractivity contribution in [2.45, 2.75) is 43.9 Å². The second kappa shape index (κ2) is 12.5. The number of methoxy groups -OCH3 is 4. The van der Waals surface area contributed by atoms with Crippen LogP contribution in [0.4, 0.5) is 4.39 Å². The van der Waals surface area contributed by atoms with Crippen LogP contribution in [0.3, 0.4) is 0 Å². The van der Waals surface area contributed by atoms with Crippen LogP contribution in [0.5, 0.6) is 23.0 Å². The number of fused-ring (bicyclic) bond motifs is 7. The maximum Gasteiger partial charge on any atom is 0.330 e. The molecule has 4 atom stereocenters. The Morgan fingerprint density at radius 2 is 1.45 bits per heavy atom. The molecule has 8 nitrogen and oxygen atoms in total. The molecule has 4 unspecified atom stereocenters. The lowest BCUT2D eigenvalue weighted by molar-refractivity contribution is -0.142. The van der Waals surface area contributed by atoms with E-state index in [1.807, 2.05) is 6.07 Å². The zero-order valence-corrected chi connectivity index (χ0v) is 25.8. The smallest absolute Gasteiger partial charge is 0.330 e. The Morgan fingerprint density at radius 1 is 0.864 bits per heavy atom. The molecular formula is C35H39FN2O6. The fourth-order valence-electron chi connectivity index (χ4n) is 7.33. The van der Waals surface area contributed by atoms with Crippen molar-refractivity contribution in [3.05, 3.63) is 88.2 Å². The molecular weight excluding hydrogens is 563 g/mol. The molecule has 0 radical (unpaired) electrons. The van der Waals surface area contributed by atoms with Gasteiger partial charge in [-0.2, -0.15) is 0 Å². The van der Waals surface area contributed by atoms with Gasteiger partial charge in [-0.25, -0.2) is 9.18 Å². The molecule has 0 spiro atoms. The molecule has 3 aliphatic heterocycles. The van der Waals surface area contributed by atoms with Gasteiger partial charge in [0.2, 0.25) is 0 Å². The van der Waals surface area contributed by atoms with E-state index in [9.17, 15) is 9.18 Å². The van der Waals surface area contributed by atoms with Crippen molar-refractivity contribution in [1.82, 2.24) is 9.80 Å². The summed E-state index contributed by atoms with van der Waals surface area (Å²) in [5.41, 5.74) is 5.47. The Labute approximate surface area is 257 Å². The van der Waals surface area contributed by atoms with Crippen molar-refractivity contribution in [2.75, 3.05) is 48.1 Å². The molecule has 3 aromatic rings. The SMILES string of the molecule is CCN1C2Cc3cc(OC)c(OC)cc3C1C1Cc3cc(OC)c(OC)cc3C(COC(=O)C=Cc3ccc(F)cc3)N1C2. The monoisotopic (exact) mass is 602 g/mol. The number of ether oxygens (including phenoxy) is 5. The van der Waals surface area contributed by atoms with Crippen molar-refractivity contribution < 1.29 is 32.9 Å². The van der Waals surface area contributed by atoms with Gasteiger partial charge in [0.15, 0.2) is 23.0 Å². The van der Waals surface area contributed by atoms with E-state index < -0.39 is 5.97 Å². The van der Waals surface area contributed by atoms with Gasteiger partial charge in [-0.15, -0.1) is 0 Å². The lowest BCUT2D eigenvalue weighted by Crippen LogP contribution is -2.65. The van der Waals surface area contributed by atoms with E-state index in [2.05, 4.69) is 34.9 Å². The van der Waals surface area contributed by atoms with Crippen LogP contribution in [0, 0.1) is 5.82 Å². The van der Waals surface area contributed by atoms with Gasteiger partial charge in [0, 0.05) is 24.7 Å². The van der Waals surface area contributed by atoms with Gasteiger partial charge < -0.3 is 23.7 Å². The number of esters is 1. The highest BCUT2D eigenvalue weighted by Crippen LogP contribution is 2.50. The molecule has 3 aromatic carbocycles. The van der Waals surface area contributed by atoms with Gasteiger partial charge in [-0.05, 0) is 89.7 Å². The first kappa shape index (κ1) is 30.0. The van der Waals surface area contributed by atoms with Crippen LogP contribution in [0.15, 0.2) is 54.6 Å². The number of benzene rings is 3. The maximum absolute atomic E-state index is 13.3. The Kier molecular flexibility index (Phi) is 8.51. The summed E-state index contributed by atoms with van der Waals surface area (Å²) < 4.78 is 42.0. The molecule has 0 aliphatic carbocycles. The minimum atomic E-state index is -0.451. The lowest BCUT2D eigenvalue weighted by Gasteiger charge is -2.58. The summed E-state index contributed by atoms with van der Waals surface area (Å²) in [6.45, 7) is 4.14. The van der Waals surface area contributed by atoms with E-state index in [1.54, 1.807) is 46.6 Å². The predicted octanol–water partition coefficient (Wildman–Crippen LogP) is 5.39. The van der Waals surface area contributed by atoms with Crippen LogP contribution in [0.1, 0.15) is 46.8 Å². The molecule has 0 saturated carbocycles. The molecule has 44 heavy (non-hydrogen) atoms. The van der Waals surface area contributed by atoms with Gasteiger partial charge in [-0.1, -0.05) is 19.1 Å². The normalized spacial score (nSPS) is 22.5. The van der Waals surface area contributed by atoms with E-state index in [0.29, 0.717) is 11.5 Å². The average Bonchev–Trinajstić information content (AvgIpc) is 3.05. The summed E-state index contributed by atoms with van der Waals surface area (Å²) in [6.07, 6.45) is 4.71. The third kappa shape index (κ3) is 5.39. The van der Waals surface area contributed by atoms with Crippen molar-refractivity contribution in [3.8, 4) is 23.0 Å². The second-order valence-electron chi connectivity index (χ2n) is 11.4. The Morgan fingerprint density at radius 3 is 2.07 bits per heavy atom. The highest BCUT2D eigenvalue weighted by atomic mass is 19.1. The lowest BCUT2D eigenvalue weighted by atomic mass is 9.75. The first-order valence-electron chi connectivity index (χ1n) is 15.0. The highest BCUT2D eigenvalue weighted by Gasteiger charge is 2.50. The van der Waals surface area contributed by atoms with Crippen LogP contribution in [0.25, 0.3) is 6.08 Å². The number of likely N-dealkylation sites (N-methyl/N-ethyl adjacent to an activating group) is 1. The topological polar surface area (TPSA) is 69.7 Å². The first-order chi connectivity index (χ1) is 21.4. The zero-order valence-electron chi connectivity index (χ0n) is 25.8. The maximum atomic E-state index is 13.3. The van der Waals surface area contributed by atoms with Gasteiger partial charge in [0.05, 0.1) is 40.5 Å². The molecule has 2 bridgehead atoms. The molecule has 9 heteroatoms. The van der Waals surface area contributed by atoms with E-state index >= 15 is 0 Å². The summed E-state index contributed by atoms with van der Waals surface area (Å²) in [6, 6.07) is 14.7.